The van der Waals surface area contributed by atoms with E-state index in [9.17, 15) is 18.0 Å². The molecule has 0 unspecified atom stereocenters. The van der Waals surface area contributed by atoms with Crippen LogP contribution in [0, 0.1) is 6.92 Å². The fraction of sp³-hybridized carbons (Fsp3) is 0.333. The van der Waals surface area contributed by atoms with Crippen molar-refractivity contribution in [3.63, 3.8) is 0 Å². The zero-order valence-corrected chi connectivity index (χ0v) is 18.8. The molecule has 0 radical (unpaired) electrons. The molecule has 0 aromatic heterocycles. The molecule has 1 saturated heterocycles. The van der Waals surface area contributed by atoms with Gasteiger partial charge in [-0.05, 0) is 55.7 Å². The van der Waals surface area contributed by atoms with E-state index in [1.807, 2.05) is 13.0 Å². The summed E-state index contributed by atoms with van der Waals surface area (Å²) < 4.78 is 37.1. The van der Waals surface area contributed by atoms with Gasteiger partial charge in [-0.3, -0.25) is 4.79 Å². The standard InChI is InChI=1S/C21H23ClN2O6S/c1-14-5-8-19(29-2)18(11-14)23-20(25)13-30-21(26)16-12-15(6-7-17(16)22)31(27,28)24-9-3-4-10-24/h5-8,11-12H,3-4,9-10,13H2,1-2H3,(H,23,25). The maximum Gasteiger partial charge on any atom is 0.340 e. The monoisotopic (exact) mass is 466 g/mol. The highest BCUT2D eigenvalue weighted by atomic mass is 35.5. The van der Waals surface area contributed by atoms with Gasteiger partial charge in [0.1, 0.15) is 5.75 Å². The fourth-order valence-corrected chi connectivity index (χ4v) is 4.95. The van der Waals surface area contributed by atoms with E-state index in [0.717, 1.165) is 18.4 Å². The molecule has 1 N–H and O–H groups in total. The van der Waals surface area contributed by atoms with Crippen molar-refractivity contribution in [2.75, 3.05) is 32.1 Å². The first-order valence-electron chi connectivity index (χ1n) is 9.63. The van der Waals surface area contributed by atoms with Crippen molar-refractivity contribution in [2.24, 2.45) is 0 Å². The predicted octanol–water partition coefficient (Wildman–Crippen LogP) is 3.24. The number of nitrogens with zero attached hydrogens (tertiary/aromatic N) is 1. The number of sulfonamides is 1. The van der Waals surface area contributed by atoms with Gasteiger partial charge in [-0.25, -0.2) is 13.2 Å². The molecule has 10 heteroatoms. The van der Waals surface area contributed by atoms with Crippen LogP contribution >= 0.6 is 11.6 Å². The maximum absolute atomic E-state index is 12.7. The summed E-state index contributed by atoms with van der Waals surface area (Å²) in [6, 6.07) is 9.13. The molecule has 2 aromatic rings. The molecule has 8 nitrogen and oxygen atoms in total. The first-order chi connectivity index (χ1) is 14.7. The van der Waals surface area contributed by atoms with Crippen molar-refractivity contribution in [2.45, 2.75) is 24.7 Å². The van der Waals surface area contributed by atoms with E-state index in [-0.39, 0.29) is 15.5 Å². The Morgan fingerprint density at radius 1 is 1.13 bits per heavy atom. The topological polar surface area (TPSA) is 102 Å². The van der Waals surface area contributed by atoms with Crippen molar-refractivity contribution >= 4 is 39.2 Å². The zero-order valence-electron chi connectivity index (χ0n) is 17.2. The number of rotatable bonds is 7. The molecule has 1 aliphatic heterocycles. The van der Waals surface area contributed by atoms with E-state index in [2.05, 4.69) is 5.32 Å². The number of hydrogen-bond acceptors (Lipinski definition) is 6. The van der Waals surface area contributed by atoms with Gasteiger partial charge in [0.2, 0.25) is 10.0 Å². The molecule has 1 fully saturated rings. The number of amides is 1. The van der Waals surface area contributed by atoms with Gasteiger partial charge in [0.25, 0.3) is 5.91 Å². The zero-order chi connectivity index (χ0) is 22.6. The lowest BCUT2D eigenvalue weighted by Gasteiger charge is -2.16. The Bertz CT molecular complexity index is 1100. The molecule has 3 rings (SSSR count). The van der Waals surface area contributed by atoms with E-state index < -0.39 is 28.5 Å². The first kappa shape index (κ1) is 23.1. The minimum absolute atomic E-state index is 0.0335. The highest BCUT2D eigenvalue weighted by Crippen LogP contribution is 2.27. The average Bonchev–Trinajstić information content (AvgIpc) is 3.28. The molecular formula is C21H23ClN2O6S. The number of hydrogen-bond donors (Lipinski definition) is 1. The number of halogens is 1. The maximum atomic E-state index is 12.7. The Kier molecular flexibility index (Phi) is 7.19. The molecule has 1 heterocycles. The number of carbonyl (C=O) groups excluding carboxylic acids is 2. The number of carbonyl (C=O) groups is 2. The number of benzene rings is 2. The second-order valence-electron chi connectivity index (χ2n) is 7.08. The van der Waals surface area contributed by atoms with Crippen LogP contribution in [0.3, 0.4) is 0 Å². The molecular weight excluding hydrogens is 444 g/mol. The van der Waals surface area contributed by atoms with Gasteiger partial charge in [0.15, 0.2) is 6.61 Å². The Hall–Kier alpha value is -2.62. The predicted molar refractivity (Wildman–Crippen MR) is 116 cm³/mol. The van der Waals surface area contributed by atoms with E-state index in [1.54, 1.807) is 12.1 Å². The summed E-state index contributed by atoms with van der Waals surface area (Å²) in [6.07, 6.45) is 1.59. The van der Waals surface area contributed by atoms with E-state index >= 15 is 0 Å². The Balaban J connectivity index is 1.69. The number of nitrogens with one attached hydrogen (secondary N) is 1. The number of anilines is 1. The number of ether oxygens (including phenoxy) is 2. The van der Waals surface area contributed by atoms with Gasteiger partial charge in [0.05, 0.1) is 28.3 Å². The lowest BCUT2D eigenvalue weighted by atomic mass is 10.2. The second kappa shape index (κ2) is 9.67. The summed E-state index contributed by atoms with van der Waals surface area (Å²) in [6.45, 7) is 2.16. The van der Waals surface area contributed by atoms with Crippen molar-refractivity contribution in [1.82, 2.24) is 4.31 Å². The number of esters is 1. The second-order valence-corrected chi connectivity index (χ2v) is 9.43. The minimum Gasteiger partial charge on any atom is -0.495 e. The van der Waals surface area contributed by atoms with Gasteiger partial charge in [-0.15, -0.1) is 0 Å². The van der Waals surface area contributed by atoms with Gasteiger partial charge in [-0.2, -0.15) is 4.31 Å². The molecule has 1 aliphatic rings. The summed E-state index contributed by atoms with van der Waals surface area (Å²) in [5.74, 6) is -1.00. The molecule has 0 spiro atoms. The number of methoxy groups -OCH3 is 1. The number of aryl methyl sites for hydroxylation is 1. The van der Waals surface area contributed by atoms with Crippen molar-refractivity contribution in [1.29, 1.82) is 0 Å². The Labute approximate surface area is 186 Å². The molecule has 0 aliphatic carbocycles. The normalized spacial score (nSPS) is 14.3. The Morgan fingerprint density at radius 3 is 2.52 bits per heavy atom. The quantitative estimate of drug-likeness (QED) is 0.628. The van der Waals surface area contributed by atoms with Gasteiger partial charge < -0.3 is 14.8 Å². The smallest absolute Gasteiger partial charge is 0.340 e. The van der Waals surface area contributed by atoms with Crippen molar-refractivity contribution in [3.8, 4) is 5.75 Å². The lowest BCUT2D eigenvalue weighted by molar-refractivity contribution is -0.119. The largest absolute Gasteiger partial charge is 0.495 e. The Morgan fingerprint density at radius 2 is 1.84 bits per heavy atom. The minimum atomic E-state index is -3.72. The molecule has 0 atom stereocenters. The summed E-state index contributed by atoms with van der Waals surface area (Å²) in [5.41, 5.74) is 1.24. The van der Waals surface area contributed by atoms with Crippen LogP contribution in [-0.2, 0) is 19.6 Å². The van der Waals surface area contributed by atoms with Gasteiger partial charge >= 0.3 is 5.97 Å². The van der Waals surface area contributed by atoms with Gasteiger partial charge in [-0.1, -0.05) is 17.7 Å². The molecule has 31 heavy (non-hydrogen) atoms. The van der Waals surface area contributed by atoms with Crippen molar-refractivity contribution in [3.05, 3.63) is 52.5 Å². The summed E-state index contributed by atoms with van der Waals surface area (Å²) in [7, 11) is -2.24. The van der Waals surface area contributed by atoms with Crippen LogP contribution in [0.4, 0.5) is 5.69 Å². The van der Waals surface area contributed by atoms with Crippen LogP contribution in [-0.4, -0.2) is 51.4 Å². The molecule has 1 amide bonds. The summed E-state index contributed by atoms with van der Waals surface area (Å²) >= 11 is 6.08. The van der Waals surface area contributed by atoms with E-state index in [1.165, 1.54) is 29.6 Å². The van der Waals surface area contributed by atoms with Crippen LogP contribution < -0.4 is 10.1 Å². The third kappa shape index (κ3) is 5.36. The molecule has 2 aromatic carbocycles. The molecule has 0 saturated carbocycles. The third-order valence-electron chi connectivity index (χ3n) is 4.82. The summed E-state index contributed by atoms with van der Waals surface area (Å²) in [5, 5.41) is 2.65. The van der Waals surface area contributed by atoms with Gasteiger partial charge in [0, 0.05) is 13.1 Å². The highest BCUT2D eigenvalue weighted by molar-refractivity contribution is 7.89. The average molecular weight is 467 g/mol. The van der Waals surface area contributed by atoms with Crippen LogP contribution in [0.25, 0.3) is 0 Å². The van der Waals surface area contributed by atoms with Crippen LogP contribution in [0.5, 0.6) is 5.75 Å². The first-order valence-corrected chi connectivity index (χ1v) is 11.5. The summed E-state index contributed by atoms with van der Waals surface area (Å²) in [4.78, 5) is 24.7. The fourth-order valence-electron chi connectivity index (χ4n) is 3.21. The lowest BCUT2D eigenvalue weighted by Crippen LogP contribution is -2.28. The highest BCUT2D eigenvalue weighted by Gasteiger charge is 2.28. The molecule has 166 valence electrons. The van der Waals surface area contributed by atoms with Crippen molar-refractivity contribution < 1.29 is 27.5 Å². The SMILES string of the molecule is COc1ccc(C)cc1NC(=O)COC(=O)c1cc(S(=O)(=O)N2CCCC2)ccc1Cl. The van der Waals surface area contributed by atoms with Crippen LogP contribution in [0.1, 0.15) is 28.8 Å². The van der Waals surface area contributed by atoms with E-state index in [0.29, 0.717) is 24.5 Å². The molecule has 0 bridgehead atoms. The van der Waals surface area contributed by atoms with Crippen LogP contribution in [0.15, 0.2) is 41.3 Å². The third-order valence-corrected chi connectivity index (χ3v) is 7.05. The van der Waals surface area contributed by atoms with Crippen LogP contribution in [0.2, 0.25) is 5.02 Å². The van der Waals surface area contributed by atoms with E-state index in [4.69, 9.17) is 21.1 Å².